The van der Waals surface area contributed by atoms with Gasteiger partial charge in [0.05, 0.1) is 31.6 Å². The average molecular weight is 544 g/mol. The lowest BCUT2D eigenvalue weighted by Gasteiger charge is -2.26. The lowest BCUT2D eigenvalue weighted by atomic mass is 9.93. The van der Waals surface area contributed by atoms with Gasteiger partial charge in [0.1, 0.15) is 5.76 Å². The summed E-state index contributed by atoms with van der Waals surface area (Å²) in [4.78, 5) is 19.2. The third-order valence-corrected chi connectivity index (χ3v) is 6.31. The number of rotatable bonds is 7. The van der Waals surface area contributed by atoms with Gasteiger partial charge in [0.25, 0.3) is 0 Å². The summed E-state index contributed by atoms with van der Waals surface area (Å²) in [5, 5.41) is 13.8. The van der Waals surface area contributed by atoms with Gasteiger partial charge in [-0.05, 0) is 30.7 Å². The van der Waals surface area contributed by atoms with Crippen molar-refractivity contribution in [2.75, 3.05) is 50.1 Å². The number of urea groups is 1. The van der Waals surface area contributed by atoms with Crippen LogP contribution in [0.2, 0.25) is 0 Å². The predicted octanol–water partition coefficient (Wildman–Crippen LogP) is 4.16. The van der Waals surface area contributed by atoms with E-state index in [0.29, 0.717) is 41.0 Å². The molecule has 0 bridgehead atoms. The van der Waals surface area contributed by atoms with Gasteiger partial charge >= 0.3 is 6.03 Å². The Bertz CT molecular complexity index is 1500. The van der Waals surface area contributed by atoms with Crippen LogP contribution in [0.4, 0.5) is 16.3 Å². The molecule has 0 aliphatic carbocycles. The maximum absolute atomic E-state index is 12.3. The highest BCUT2D eigenvalue weighted by atomic mass is 16.5. The number of carbonyl (C=O) groups is 1. The summed E-state index contributed by atoms with van der Waals surface area (Å²) in [6, 6.07) is 10.3. The Morgan fingerprint density at radius 2 is 1.90 bits per heavy atom. The Kier molecular flexibility index (Phi) is 8.28. The molecule has 2 amide bonds. The SMILES string of the molecule is CC(C)(C)c1cc(NC(=O)Nc2ccc(C#Cc3cnn4c(OCCCN5CCOCC5)ccnc34)cc2)no1. The van der Waals surface area contributed by atoms with Crippen molar-refractivity contribution in [3.8, 4) is 17.7 Å². The van der Waals surface area contributed by atoms with Gasteiger partial charge < -0.3 is 19.3 Å². The lowest BCUT2D eigenvalue weighted by molar-refractivity contribution is 0.0357. The van der Waals surface area contributed by atoms with Gasteiger partial charge in [-0.15, -0.1) is 0 Å². The number of aromatic nitrogens is 4. The number of hydrogen-bond acceptors (Lipinski definition) is 8. The van der Waals surface area contributed by atoms with Crippen LogP contribution in [0.1, 0.15) is 44.1 Å². The average Bonchev–Trinajstić information content (AvgIpc) is 3.59. The standard InChI is InChI=1S/C29H33N7O4/c1-29(2,3)24-19-25(34-40-24)33-28(37)32-23-9-6-21(7-10-23)5-8-22-20-31-36-26(11-12-30-27(22)36)39-16-4-13-35-14-17-38-18-15-35/h6-7,9-12,19-20H,4,13-18H2,1-3H3,(H2,32,33,34,37). The summed E-state index contributed by atoms with van der Waals surface area (Å²) in [5.41, 5.74) is 2.54. The second-order valence-electron chi connectivity index (χ2n) is 10.5. The van der Waals surface area contributed by atoms with Crippen molar-refractivity contribution in [1.82, 2.24) is 24.7 Å². The number of benzene rings is 1. The molecule has 0 spiro atoms. The van der Waals surface area contributed by atoms with Crippen molar-refractivity contribution in [1.29, 1.82) is 0 Å². The molecule has 0 radical (unpaired) electrons. The topological polar surface area (TPSA) is 119 Å². The van der Waals surface area contributed by atoms with Crippen LogP contribution in [0.5, 0.6) is 5.88 Å². The van der Waals surface area contributed by atoms with Crippen LogP contribution in [0, 0.1) is 11.8 Å². The van der Waals surface area contributed by atoms with Crippen LogP contribution in [0.25, 0.3) is 5.65 Å². The van der Waals surface area contributed by atoms with Crippen molar-refractivity contribution < 1.29 is 18.8 Å². The lowest BCUT2D eigenvalue weighted by Crippen LogP contribution is -2.37. The van der Waals surface area contributed by atoms with Gasteiger partial charge in [0.15, 0.2) is 11.5 Å². The Morgan fingerprint density at radius 3 is 2.65 bits per heavy atom. The summed E-state index contributed by atoms with van der Waals surface area (Å²) >= 11 is 0. The normalized spacial score (nSPS) is 14.0. The summed E-state index contributed by atoms with van der Waals surface area (Å²) < 4.78 is 18.4. The first-order valence-corrected chi connectivity index (χ1v) is 13.3. The minimum atomic E-state index is -0.413. The summed E-state index contributed by atoms with van der Waals surface area (Å²) in [6.45, 7) is 11.1. The number of hydrogen-bond donors (Lipinski definition) is 2. The molecule has 1 aliphatic heterocycles. The molecular weight excluding hydrogens is 510 g/mol. The predicted molar refractivity (Wildman–Crippen MR) is 151 cm³/mol. The molecule has 5 rings (SSSR count). The van der Waals surface area contributed by atoms with Gasteiger partial charge in [0, 0.05) is 54.6 Å². The molecule has 3 aromatic heterocycles. The van der Waals surface area contributed by atoms with Gasteiger partial charge in [0.2, 0.25) is 5.88 Å². The van der Waals surface area contributed by atoms with Gasteiger partial charge in [-0.2, -0.15) is 9.61 Å². The van der Waals surface area contributed by atoms with Crippen LogP contribution in [0.15, 0.2) is 53.3 Å². The molecule has 1 aromatic carbocycles. The number of amides is 2. The van der Waals surface area contributed by atoms with E-state index in [2.05, 4.69) is 42.6 Å². The molecule has 1 aliphatic rings. The smallest absolute Gasteiger partial charge is 0.324 e. The van der Waals surface area contributed by atoms with E-state index >= 15 is 0 Å². The maximum atomic E-state index is 12.3. The van der Waals surface area contributed by atoms with Crippen molar-refractivity contribution >= 4 is 23.2 Å². The fourth-order valence-corrected chi connectivity index (χ4v) is 4.10. The fourth-order valence-electron chi connectivity index (χ4n) is 4.10. The zero-order chi connectivity index (χ0) is 28.0. The Balaban J connectivity index is 1.16. The molecule has 1 fully saturated rings. The first-order chi connectivity index (χ1) is 19.3. The molecule has 2 N–H and O–H groups in total. The van der Waals surface area contributed by atoms with E-state index in [0.717, 1.165) is 44.8 Å². The quantitative estimate of drug-likeness (QED) is 0.264. The molecule has 0 saturated carbocycles. The maximum Gasteiger partial charge on any atom is 0.324 e. The largest absolute Gasteiger partial charge is 0.477 e. The minimum Gasteiger partial charge on any atom is -0.477 e. The van der Waals surface area contributed by atoms with Crippen molar-refractivity contribution in [3.63, 3.8) is 0 Å². The second-order valence-corrected chi connectivity index (χ2v) is 10.5. The fraction of sp³-hybridized carbons (Fsp3) is 0.379. The molecular formula is C29H33N7O4. The first kappa shape index (κ1) is 27.2. The number of morpholine rings is 1. The van der Waals surface area contributed by atoms with Crippen molar-refractivity contribution in [2.24, 2.45) is 0 Å². The van der Waals surface area contributed by atoms with Crippen LogP contribution in [0.3, 0.4) is 0 Å². The van der Waals surface area contributed by atoms with E-state index in [1.165, 1.54) is 0 Å². The second kappa shape index (κ2) is 12.2. The summed E-state index contributed by atoms with van der Waals surface area (Å²) in [5.74, 6) is 7.95. The number of fused-ring (bicyclic) bond motifs is 1. The van der Waals surface area contributed by atoms with E-state index in [1.807, 2.05) is 32.9 Å². The monoisotopic (exact) mass is 543 g/mol. The van der Waals surface area contributed by atoms with Crippen LogP contribution >= 0.6 is 0 Å². The number of anilines is 2. The Hall–Kier alpha value is -4.40. The van der Waals surface area contributed by atoms with E-state index in [1.54, 1.807) is 41.2 Å². The molecule has 4 heterocycles. The molecule has 0 atom stereocenters. The van der Waals surface area contributed by atoms with Gasteiger partial charge in [-0.1, -0.05) is 37.8 Å². The molecule has 208 valence electrons. The highest BCUT2D eigenvalue weighted by Crippen LogP contribution is 2.24. The van der Waals surface area contributed by atoms with Gasteiger partial charge in [-0.3, -0.25) is 10.2 Å². The zero-order valence-electron chi connectivity index (χ0n) is 22.9. The molecule has 4 aromatic rings. The third kappa shape index (κ3) is 6.97. The van der Waals surface area contributed by atoms with Crippen molar-refractivity contribution in [2.45, 2.75) is 32.6 Å². The van der Waals surface area contributed by atoms with Crippen molar-refractivity contribution in [3.05, 3.63) is 65.7 Å². The number of carbonyl (C=O) groups excluding carboxylic acids is 1. The number of nitrogens with zero attached hydrogens (tertiary/aromatic N) is 5. The molecule has 11 heteroatoms. The highest BCUT2D eigenvalue weighted by molar-refractivity contribution is 5.99. The van der Waals surface area contributed by atoms with Gasteiger partial charge in [-0.25, -0.2) is 9.78 Å². The van der Waals surface area contributed by atoms with E-state index in [9.17, 15) is 4.79 Å². The Morgan fingerprint density at radius 1 is 1.10 bits per heavy atom. The first-order valence-electron chi connectivity index (χ1n) is 13.3. The zero-order valence-corrected chi connectivity index (χ0v) is 22.9. The van der Waals surface area contributed by atoms with Crippen LogP contribution in [-0.4, -0.2) is 70.1 Å². The van der Waals surface area contributed by atoms with E-state index < -0.39 is 6.03 Å². The molecule has 0 unspecified atom stereocenters. The Labute approximate surface area is 232 Å². The number of nitrogens with one attached hydrogen (secondary N) is 2. The third-order valence-electron chi connectivity index (χ3n) is 6.31. The highest BCUT2D eigenvalue weighted by Gasteiger charge is 2.20. The number of ether oxygens (including phenoxy) is 2. The van der Waals surface area contributed by atoms with Crippen LogP contribution < -0.4 is 15.4 Å². The molecule has 1 saturated heterocycles. The summed E-state index contributed by atoms with van der Waals surface area (Å²) in [7, 11) is 0. The van der Waals surface area contributed by atoms with E-state index in [4.69, 9.17) is 14.0 Å². The molecule has 11 nitrogen and oxygen atoms in total. The summed E-state index contributed by atoms with van der Waals surface area (Å²) in [6.07, 6.45) is 4.31. The van der Waals surface area contributed by atoms with Crippen LogP contribution in [-0.2, 0) is 10.2 Å². The minimum absolute atomic E-state index is 0.195. The molecule has 40 heavy (non-hydrogen) atoms. The van der Waals surface area contributed by atoms with E-state index in [-0.39, 0.29) is 5.41 Å².